The normalized spacial score (nSPS) is 22.8. The number of halogens is 4. The van der Waals surface area contributed by atoms with E-state index in [-0.39, 0.29) is 59.2 Å². The number of carbonyl (C=O) groups excluding carboxylic acids is 4. The molecule has 7 N–H and O–H groups in total. The molecular formula is C71H90Cl4N4O15. The van der Waals surface area contributed by atoms with Gasteiger partial charge < -0.3 is 69.0 Å². The number of ether oxygens (including phenoxy) is 5. The summed E-state index contributed by atoms with van der Waals surface area (Å²) in [6.07, 6.45) is 2.60. The zero-order valence-corrected chi connectivity index (χ0v) is 58.4. The molecule has 0 unspecified atom stereocenters. The van der Waals surface area contributed by atoms with Crippen LogP contribution in [0.5, 0.6) is 34.5 Å². The van der Waals surface area contributed by atoms with E-state index in [4.69, 9.17) is 58.5 Å². The largest absolute Gasteiger partial charge is 0.507 e. The van der Waals surface area contributed by atoms with Crippen LogP contribution in [0.1, 0.15) is 78.0 Å². The van der Waals surface area contributed by atoms with E-state index >= 15 is 0 Å². The van der Waals surface area contributed by atoms with Gasteiger partial charge in [0.2, 0.25) is 11.8 Å². The van der Waals surface area contributed by atoms with E-state index in [1.807, 2.05) is 62.5 Å². The van der Waals surface area contributed by atoms with Crippen molar-refractivity contribution in [2.45, 2.75) is 122 Å². The molecule has 94 heavy (non-hydrogen) atoms. The molecule has 6 aromatic rings. The number of alkyl halides is 2. The maximum absolute atomic E-state index is 14.0. The summed E-state index contributed by atoms with van der Waals surface area (Å²) in [5.74, 6) is 0.403. The van der Waals surface area contributed by atoms with Crippen molar-refractivity contribution in [2.75, 3.05) is 65.1 Å². The number of aromatic hydroxyl groups is 5. The van der Waals surface area contributed by atoms with Crippen molar-refractivity contribution >= 4 is 98.3 Å². The minimum absolute atomic E-state index is 0. The predicted molar refractivity (Wildman–Crippen MR) is 371 cm³/mol. The number of aliphatic hydroxyl groups is 1. The van der Waals surface area contributed by atoms with E-state index in [0.29, 0.717) is 47.2 Å². The number of likely N-dealkylation sites (N-methyl/N-ethyl adjacent to an activating group) is 1. The SMILES string of the molecule is CN(CCCl)CCCl.COc1cc2cc(c1Cl)N(C)C(=O)C[C@H](OC(=O)[C@H](C)N(C)C(C)=O)[C@]1(C)O[C@H]1[C@H](C)[C@@H]1C[C@@](O)(NC(=O)O1)[C@H](OC)/C=C\C=C(\C)C2.C[C@H](Cc1ccc(O)c(O)c1)[C@@H](C)Cc1ccc(O)c(O)c1.Cl.Oc1cccc2cc3ccccc3cc12. The molecule has 10 atom stereocenters. The predicted octanol–water partition coefficient (Wildman–Crippen LogP) is 12.6. The topological polar surface area (TPSA) is 261 Å². The van der Waals surface area contributed by atoms with E-state index in [9.17, 15) is 49.8 Å². The number of epoxide rings is 1. The number of benzene rings is 6. The molecule has 3 aliphatic heterocycles. The third-order valence-corrected chi connectivity index (χ3v) is 18.2. The first kappa shape index (κ1) is 77.5. The highest BCUT2D eigenvalue weighted by atomic mass is 35.5. The van der Waals surface area contributed by atoms with E-state index in [1.165, 1.54) is 62.4 Å². The quantitative estimate of drug-likeness (QED) is 0.0176. The number of alkyl carbamates (subject to hydrolysis) is 1. The lowest BCUT2D eigenvalue weighted by Gasteiger charge is -2.42. The summed E-state index contributed by atoms with van der Waals surface area (Å²) in [7, 11) is 7.97. The molecule has 9 rings (SSSR count). The van der Waals surface area contributed by atoms with Crippen LogP contribution in [0.3, 0.4) is 0 Å². The lowest BCUT2D eigenvalue weighted by atomic mass is 9.83. The molecule has 0 saturated carbocycles. The number of hydrogen-bond acceptors (Lipinski definition) is 16. The molecule has 0 aromatic heterocycles. The fourth-order valence-electron chi connectivity index (χ4n) is 11.2. The number of hydrogen-bond donors (Lipinski definition) is 7. The second-order valence-corrected chi connectivity index (χ2v) is 25.6. The van der Waals surface area contributed by atoms with Crippen molar-refractivity contribution in [3.05, 3.63) is 149 Å². The number of rotatable bonds is 14. The number of nitrogens with zero attached hydrogens (tertiary/aromatic N) is 3. The zero-order chi connectivity index (χ0) is 68.6. The number of methoxy groups -OCH3 is 2. The monoisotopic (exact) mass is 1380 g/mol. The molecule has 2 fully saturated rings. The molecule has 3 heterocycles. The number of phenols is 5. The molecule has 512 valence electrons. The van der Waals surface area contributed by atoms with Gasteiger partial charge in [0.1, 0.15) is 46.5 Å². The van der Waals surface area contributed by atoms with Crippen molar-refractivity contribution in [1.29, 1.82) is 0 Å². The molecule has 19 nitrogen and oxygen atoms in total. The minimum atomic E-state index is -1.81. The van der Waals surface area contributed by atoms with Gasteiger partial charge in [-0.15, -0.1) is 35.6 Å². The van der Waals surface area contributed by atoms with Crippen LogP contribution in [-0.2, 0) is 52.6 Å². The van der Waals surface area contributed by atoms with Crippen molar-refractivity contribution in [2.24, 2.45) is 17.8 Å². The van der Waals surface area contributed by atoms with E-state index < -0.39 is 65.7 Å². The van der Waals surface area contributed by atoms with Gasteiger partial charge in [-0.3, -0.25) is 14.9 Å². The van der Waals surface area contributed by atoms with Crippen LogP contribution in [0.2, 0.25) is 5.02 Å². The molecule has 0 spiro atoms. The number of allylic oxidation sites excluding steroid dienone is 3. The standard InChI is InChI=1S/C34H46ClN3O10.C18H22O4.C14H10O.C5H11Cl2N.ClH/c1-18-11-10-12-26(45-9)34(43)17-25(46-32(42)36-34)19(2)30-33(5,48-30)27(47-31(41)20(3)37(6)21(4)39)16-28(40)38(7)23-14-22(13-18)15-24(44-8)29(23)35;1-11(7-13-3-5-15(19)17(21)9-13)12(2)8-14-4-6-16(20)18(22)10-14;15-14-7-3-6-12-8-10-4-1-2-5-11(10)9-13(12)14;1-8(4-2-6)5-3-7;/h10-12,14-15,19-20,25-27,30,43H,13,16-17H2,1-9H3,(H,36,42);3-6,9-12,19-22H,7-8H2,1-2H3;1-9,15H;2-5H2,1H3;1H/b12-10-,18-11-;;;;/t19-,20+,25+,26-,27+,30+,33+,34+;11-,12+;;;/m1..../s1. The molecule has 23 heteroatoms. The first-order valence-corrected chi connectivity index (χ1v) is 32.2. The molecular weight excluding hydrogens is 1290 g/mol. The van der Waals surface area contributed by atoms with Gasteiger partial charge >= 0.3 is 12.1 Å². The van der Waals surface area contributed by atoms with Crippen LogP contribution in [0, 0.1) is 17.8 Å². The Morgan fingerprint density at radius 2 is 1.37 bits per heavy atom. The summed E-state index contributed by atoms with van der Waals surface area (Å²) in [6, 6.07) is 30.3. The van der Waals surface area contributed by atoms with Gasteiger partial charge in [-0.05, 0) is 146 Å². The van der Waals surface area contributed by atoms with Crippen molar-refractivity contribution in [3.63, 3.8) is 0 Å². The molecule has 6 aromatic carbocycles. The average molecular weight is 1380 g/mol. The number of carbonyl (C=O) groups is 4. The Morgan fingerprint density at radius 3 is 1.91 bits per heavy atom. The van der Waals surface area contributed by atoms with Gasteiger partial charge in [-0.2, -0.15) is 0 Å². The van der Waals surface area contributed by atoms with Crippen LogP contribution in [0.4, 0.5) is 10.5 Å². The molecule has 3 aliphatic rings. The highest BCUT2D eigenvalue weighted by Gasteiger charge is 2.64. The van der Waals surface area contributed by atoms with Crippen LogP contribution < -0.4 is 15.0 Å². The first-order chi connectivity index (χ1) is 44.0. The molecule has 3 amide bonds. The van der Waals surface area contributed by atoms with E-state index in [1.54, 1.807) is 63.4 Å². The molecule has 2 saturated heterocycles. The van der Waals surface area contributed by atoms with Gasteiger partial charge in [-0.25, -0.2) is 9.59 Å². The van der Waals surface area contributed by atoms with Crippen LogP contribution in [-0.4, -0.2) is 166 Å². The summed E-state index contributed by atoms with van der Waals surface area (Å²) < 4.78 is 28.9. The maximum atomic E-state index is 14.0. The Hall–Kier alpha value is -7.20. The Labute approximate surface area is 572 Å². The number of esters is 1. The Balaban J connectivity index is 0.000000282. The second kappa shape index (κ2) is 35.0. The Kier molecular flexibility index (Phi) is 28.8. The average Bonchev–Trinajstić information content (AvgIpc) is 1.57. The highest BCUT2D eigenvalue weighted by Crippen LogP contribution is 2.49. The number of nitrogens with one attached hydrogen (secondary N) is 1. The van der Waals surface area contributed by atoms with Gasteiger partial charge in [0.15, 0.2) is 28.7 Å². The summed E-state index contributed by atoms with van der Waals surface area (Å²) in [4.78, 5) is 56.8. The zero-order valence-electron chi connectivity index (χ0n) is 55.3. The van der Waals surface area contributed by atoms with Gasteiger partial charge in [0.25, 0.3) is 0 Å². The first-order valence-electron chi connectivity index (χ1n) is 30.7. The molecule has 0 aliphatic carbocycles. The van der Waals surface area contributed by atoms with Crippen molar-refractivity contribution in [1.82, 2.24) is 15.1 Å². The second-order valence-electron chi connectivity index (χ2n) is 24.4. The third-order valence-electron chi connectivity index (χ3n) is 17.5. The molecule has 0 radical (unpaired) electrons. The summed E-state index contributed by atoms with van der Waals surface area (Å²) in [6.45, 7) is 14.4. The van der Waals surface area contributed by atoms with Gasteiger partial charge in [0, 0.05) is 70.7 Å². The summed E-state index contributed by atoms with van der Waals surface area (Å²) >= 11 is 17.6. The van der Waals surface area contributed by atoms with E-state index in [2.05, 4.69) is 42.3 Å². The fourth-order valence-corrected chi connectivity index (χ4v) is 12.1. The van der Waals surface area contributed by atoms with Crippen molar-refractivity contribution < 1.29 is 73.5 Å². The van der Waals surface area contributed by atoms with Crippen LogP contribution in [0.15, 0.2) is 127 Å². The smallest absolute Gasteiger partial charge is 0.409 e. The summed E-state index contributed by atoms with van der Waals surface area (Å²) in [5.41, 5.74) is 1.08. The third kappa shape index (κ3) is 20.4. The lowest BCUT2D eigenvalue weighted by Crippen LogP contribution is -2.63. The lowest BCUT2D eigenvalue weighted by molar-refractivity contribution is -0.161. The number of anilines is 1. The Morgan fingerprint density at radius 1 is 0.798 bits per heavy atom. The fraction of sp³-hybridized carbons (Fsp3) is 0.437. The van der Waals surface area contributed by atoms with Crippen molar-refractivity contribution in [3.8, 4) is 34.5 Å². The minimum Gasteiger partial charge on any atom is -0.507 e. The van der Waals surface area contributed by atoms with Gasteiger partial charge in [0.05, 0.1) is 25.3 Å². The number of fused-ring (bicyclic) bond motifs is 7. The maximum Gasteiger partial charge on any atom is 0.409 e. The Bertz CT molecular complexity index is 3570. The number of phenolic OH excluding ortho intramolecular Hbond substituents is 5. The number of amides is 3. The molecule has 4 bridgehead atoms. The van der Waals surface area contributed by atoms with E-state index in [0.717, 1.165) is 64.4 Å². The summed E-state index contributed by atoms with van der Waals surface area (Å²) in [5, 5.41) is 66.2. The van der Waals surface area contributed by atoms with Crippen LogP contribution >= 0.6 is 47.2 Å². The van der Waals surface area contributed by atoms with Gasteiger partial charge in [-0.1, -0.05) is 105 Å². The van der Waals surface area contributed by atoms with Crippen LogP contribution in [0.25, 0.3) is 21.5 Å². The highest BCUT2D eigenvalue weighted by molar-refractivity contribution is 6.35.